The molecule has 7 heteroatoms. The first kappa shape index (κ1) is 15.8. The number of H-pyrrole nitrogens is 3. The molecule has 4 heterocycles. The molecule has 1 unspecified atom stereocenters. The third-order valence-corrected chi connectivity index (χ3v) is 5.98. The van der Waals surface area contributed by atoms with Crippen molar-refractivity contribution >= 4 is 0 Å². The van der Waals surface area contributed by atoms with Gasteiger partial charge >= 0.3 is 0 Å². The van der Waals surface area contributed by atoms with Crippen molar-refractivity contribution in [2.45, 2.75) is 57.0 Å². The van der Waals surface area contributed by atoms with E-state index in [0.717, 1.165) is 30.9 Å². The molecule has 7 nitrogen and oxygen atoms in total. The number of hydrogen-bond donors (Lipinski definition) is 3. The molecule has 0 radical (unpaired) electrons. The van der Waals surface area contributed by atoms with Crippen molar-refractivity contribution < 1.29 is 0 Å². The van der Waals surface area contributed by atoms with Crippen LogP contribution in [0.5, 0.6) is 0 Å². The van der Waals surface area contributed by atoms with Gasteiger partial charge in [-0.2, -0.15) is 5.10 Å². The molecule has 5 rings (SSSR count). The predicted octanol–water partition coefficient (Wildman–Crippen LogP) is 3.05. The van der Waals surface area contributed by atoms with Gasteiger partial charge in [-0.3, -0.25) is 10.00 Å². The van der Waals surface area contributed by atoms with E-state index < -0.39 is 0 Å². The van der Waals surface area contributed by atoms with Crippen molar-refractivity contribution in [2.24, 2.45) is 0 Å². The van der Waals surface area contributed by atoms with Crippen LogP contribution in [0.2, 0.25) is 0 Å². The Balaban J connectivity index is 1.44. The molecule has 0 amide bonds. The van der Waals surface area contributed by atoms with Gasteiger partial charge in [0, 0.05) is 48.6 Å². The number of rotatable bonds is 4. The predicted molar refractivity (Wildman–Crippen MR) is 97.5 cm³/mol. The highest BCUT2D eigenvalue weighted by molar-refractivity contribution is 5.29. The summed E-state index contributed by atoms with van der Waals surface area (Å²) in [6, 6.07) is 0.113. The van der Waals surface area contributed by atoms with E-state index in [9.17, 15) is 0 Å². The summed E-state index contributed by atoms with van der Waals surface area (Å²) < 4.78 is 0. The summed E-state index contributed by atoms with van der Waals surface area (Å²) in [5.74, 6) is 0.637. The van der Waals surface area contributed by atoms with Gasteiger partial charge in [0.05, 0.1) is 36.3 Å². The van der Waals surface area contributed by atoms with E-state index in [1.165, 1.54) is 49.1 Å². The highest BCUT2D eigenvalue weighted by Gasteiger charge is 2.33. The summed E-state index contributed by atoms with van der Waals surface area (Å²) in [5.41, 5.74) is 6.13. The van der Waals surface area contributed by atoms with Gasteiger partial charge in [-0.15, -0.1) is 0 Å². The van der Waals surface area contributed by atoms with Gasteiger partial charge in [-0.05, 0) is 12.8 Å². The minimum Gasteiger partial charge on any atom is -0.348 e. The summed E-state index contributed by atoms with van der Waals surface area (Å²) in [6.07, 6.45) is 15.1. The number of aromatic nitrogens is 6. The zero-order valence-corrected chi connectivity index (χ0v) is 14.9. The molecule has 1 aliphatic carbocycles. The maximum atomic E-state index is 4.62. The average Bonchev–Trinajstić information content (AvgIpc) is 3.44. The van der Waals surface area contributed by atoms with Crippen LogP contribution in [0.25, 0.3) is 0 Å². The second kappa shape index (κ2) is 6.72. The lowest BCUT2D eigenvalue weighted by Crippen LogP contribution is -2.36. The van der Waals surface area contributed by atoms with E-state index in [-0.39, 0.29) is 6.04 Å². The van der Waals surface area contributed by atoms with Gasteiger partial charge < -0.3 is 9.97 Å². The summed E-state index contributed by atoms with van der Waals surface area (Å²) in [4.78, 5) is 17.9. The molecule has 1 aliphatic heterocycles. The summed E-state index contributed by atoms with van der Waals surface area (Å²) in [5, 5.41) is 7.70. The number of nitrogens with zero attached hydrogens (tertiary/aromatic N) is 4. The number of nitrogens with one attached hydrogen (secondary N) is 3. The molecule has 136 valence electrons. The average molecular weight is 351 g/mol. The Labute approximate surface area is 152 Å². The van der Waals surface area contributed by atoms with Crippen LogP contribution in [0.3, 0.4) is 0 Å². The molecule has 26 heavy (non-hydrogen) atoms. The molecular formula is C19H25N7. The summed E-state index contributed by atoms with van der Waals surface area (Å²) >= 11 is 0. The van der Waals surface area contributed by atoms with Gasteiger partial charge in [-0.1, -0.05) is 19.3 Å². The van der Waals surface area contributed by atoms with Crippen LogP contribution in [0.4, 0.5) is 0 Å². The van der Waals surface area contributed by atoms with Crippen molar-refractivity contribution in [1.29, 1.82) is 0 Å². The minimum atomic E-state index is 0.113. The second-order valence-electron chi connectivity index (χ2n) is 7.54. The smallest absolute Gasteiger partial charge is 0.0965 e. The molecule has 3 aromatic rings. The molecule has 1 saturated carbocycles. The third-order valence-electron chi connectivity index (χ3n) is 5.98. The Hall–Kier alpha value is -2.41. The summed E-state index contributed by atoms with van der Waals surface area (Å²) in [7, 11) is 0. The van der Waals surface area contributed by atoms with Gasteiger partial charge in [0.15, 0.2) is 0 Å². The van der Waals surface area contributed by atoms with Crippen LogP contribution in [-0.2, 0) is 13.0 Å². The fourth-order valence-electron chi connectivity index (χ4n) is 4.67. The lowest BCUT2D eigenvalue weighted by Gasteiger charge is -2.34. The quantitative estimate of drug-likeness (QED) is 0.674. The molecule has 2 aliphatic rings. The number of hydrogen-bond acceptors (Lipinski definition) is 4. The Bertz CT molecular complexity index is 841. The van der Waals surface area contributed by atoms with Gasteiger partial charge in [0.2, 0.25) is 0 Å². The van der Waals surface area contributed by atoms with E-state index in [4.69, 9.17) is 0 Å². The van der Waals surface area contributed by atoms with Crippen LogP contribution in [0.1, 0.15) is 72.4 Å². The van der Waals surface area contributed by atoms with Crippen LogP contribution in [0.15, 0.2) is 25.0 Å². The fraction of sp³-hybridized carbons (Fsp3) is 0.526. The molecule has 3 N–H and O–H groups in total. The number of imidazole rings is 2. The van der Waals surface area contributed by atoms with Crippen LogP contribution in [0, 0.1) is 0 Å². The fourth-order valence-corrected chi connectivity index (χ4v) is 4.67. The van der Waals surface area contributed by atoms with Gasteiger partial charge in [-0.25, -0.2) is 9.97 Å². The minimum absolute atomic E-state index is 0.113. The Morgan fingerprint density at radius 3 is 2.85 bits per heavy atom. The van der Waals surface area contributed by atoms with E-state index in [0.29, 0.717) is 5.92 Å². The molecule has 1 atom stereocenters. The molecule has 0 spiro atoms. The Morgan fingerprint density at radius 1 is 1.08 bits per heavy atom. The number of fused-ring (bicyclic) bond motifs is 1. The molecule has 0 saturated heterocycles. The van der Waals surface area contributed by atoms with E-state index in [1.807, 2.05) is 18.7 Å². The first-order chi connectivity index (χ1) is 12.9. The van der Waals surface area contributed by atoms with Gasteiger partial charge in [0.25, 0.3) is 0 Å². The Morgan fingerprint density at radius 2 is 2.00 bits per heavy atom. The first-order valence-corrected chi connectivity index (χ1v) is 9.66. The Kier molecular flexibility index (Phi) is 4.09. The standard InChI is InChI=1S/C19H25N7/c1-2-4-13(5-3-1)17-14(8-24-25-17)10-26-7-6-15-18(23-12-22-15)19(26)16-9-20-11-21-16/h8-9,11-13,19H,1-7,10H2,(H,20,21)(H,22,23)(H,24,25). The zero-order valence-electron chi connectivity index (χ0n) is 14.9. The van der Waals surface area contributed by atoms with Crippen molar-refractivity contribution in [1.82, 2.24) is 35.0 Å². The molecule has 0 bridgehead atoms. The molecule has 3 aromatic heterocycles. The maximum absolute atomic E-state index is 4.62. The molecule has 0 aromatic carbocycles. The number of aromatic amines is 3. The van der Waals surface area contributed by atoms with E-state index in [1.54, 1.807) is 6.33 Å². The zero-order chi connectivity index (χ0) is 17.3. The summed E-state index contributed by atoms with van der Waals surface area (Å²) in [6.45, 7) is 1.88. The first-order valence-electron chi connectivity index (χ1n) is 9.66. The van der Waals surface area contributed by atoms with Crippen molar-refractivity contribution in [3.8, 4) is 0 Å². The highest BCUT2D eigenvalue weighted by atomic mass is 15.2. The van der Waals surface area contributed by atoms with Gasteiger partial charge in [0.1, 0.15) is 0 Å². The molecule has 1 fully saturated rings. The largest absolute Gasteiger partial charge is 0.348 e. The monoisotopic (exact) mass is 351 g/mol. The SMILES string of the molecule is c1ncc(C2c3nc[nH]c3CCN2Cc2cn[nH]c2C2CCCCC2)[nH]1. The van der Waals surface area contributed by atoms with Crippen molar-refractivity contribution in [2.75, 3.05) is 6.54 Å². The van der Waals surface area contributed by atoms with E-state index >= 15 is 0 Å². The normalized spacial score (nSPS) is 21.8. The lowest BCUT2D eigenvalue weighted by atomic mass is 9.85. The molecular weight excluding hydrogens is 326 g/mol. The second-order valence-corrected chi connectivity index (χ2v) is 7.54. The maximum Gasteiger partial charge on any atom is 0.0965 e. The van der Waals surface area contributed by atoms with Crippen molar-refractivity contribution in [3.63, 3.8) is 0 Å². The van der Waals surface area contributed by atoms with Crippen LogP contribution in [-0.4, -0.2) is 41.6 Å². The van der Waals surface area contributed by atoms with Crippen molar-refractivity contribution in [3.05, 3.63) is 53.4 Å². The lowest BCUT2D eigenvalue weighted by molar-refractivity contribution is 0.196. The van der Waals surface area contributed by atoms with E-state index in [2.05, 4.69) is 35.0 Å². The third kappa shape index (κ3) is 2.76. The van der Waals surface area contributed by atoms with Crippen LogP contribution >= 0.6 is 0 Å². The van der Waals surface area contributed by atoms with Crippen LogP contribution < -0.4 is 0 Å². The topological polar surface area (TPSA) is 89.3 Å². The highest BCUT2D eigenvalue weighted by Crippen LogP contribution is 2.36.